The summed E-state index contributed by atoms with van der Waals surface area (Å²) >= 11 is 12.2. The summed E-state index contributed by atoms with van der Waals surface area (Å²) in [6, 6.07) is 10.6. The molecule has 36 heavy (non-hydrogen) atoms. The minimum Gasteiger partial charge on any atom is -0.481 e. The predicted molar refractivity (Wildman–Crippen MR) is 133 cm³/mol. The van der Waals surface area contributed by atoms with Crippen LogP contribution in [0.25, 0.3) is 5.69 Å². The number of hydrogen-bond donors (Lipinski definition) is 3. The van der Waals surface area contributed by atoms with E-state index in [0.717, 1.165) is 4.68 Å². The normalized spacial score (nSPS) is 13.2. The number of aliphatic carboxylic acids is 1. The second-order valence-electron chi connectivity index (χ2n) is 9.21. The first-order chi connectivity index (χ1) is 16.9. The molecular formula is C25H26Cl2FN3O5. The standard InChI is InChI=1S/C25H26Cl2FN3O5/c1-25(2,3)21(32)13-36-22-11-19(30-31(22)20-7-5-4-6-17(20)28)24(35)29-18(12-23(33)34)15-9-8-14(26)10-16(15)27/h4-11,18,21,32H,12-13H2,1-3H3,(H,29,35)(H,33,34)/t18-,21+/m0/s1. The second kappa shape index (κ2) is 11.3. The fraction of sp³-hybridized carbons (Fsp3) is 0.320. The summed E-state index contributed by atoms with van der Waals surface area (Å²) < 4.78 is 21.4. The number of carbonyl (C=O) groups excluding carboxylic acids is 1. The number of nitrogens with one attached hydrogen (secondary N) is 1. The van der Waals surface area contributed by atoms with Crippen molar-refractivity contribution in [3.05, 3.63) is 75.7 Å². The van der Waals surface area contributed by atoms with Crippen molar-refractivity contribution < 1.29 is 28.9 Å². The molecule has 3 N–H and O–H groups in total. The zero-order valence-electron chi connectivity index (χ0n) is 19.8. The lowest BCUT2D eigenvalue weighted by Gasteiger charge is -2.25. The van der Waals surface area contributed by atoms with Crippen molar-refractivity contribution in [1.29, 1.82) is 0 Å². The van der Waals surface area contributed by atoms with Crippen LogP contribution in [0.15, 0.2) is 48.5 Å². The topological polar surface area (TPSA) is 114 Å². The van der Waals surface area contributed by atoms with Crippen LogP contribution in [0.4, 0.5) is 4.39 Å². The Bertz CT molecular complexity index is 1260. The molecule has 1 heterocycles. The van der Waals surface area contributed by atoms with Gasteiger partial charge in [0.25, 0.3) is 5.91 Å². The van der Waals surface area contributed by atoms with E-state index in [1.54, 1.807) is 6.07 Å². The van der Waals surface area contributed by atoms with Gasteiger partial charge in [0.05, 0.1) is 18.6 Å². The number of aliphatic hydroxyl groups excluding tert-OH is 1. The molecule has 0 unspecified atom stereocenters. The van der Waals surface area contributed by atoms with Crippen molar-refractivity contribution in [2.75, 3.05) is 6.61 Å². The van der Waals surface area contributed by atoms with Crippen LogP contribution in [0.5, 0.6) is 5.88 Å². The molecule has 0 saturated heterocycles. The zero-order valence-corrected chi connectivity index (χ0v) is 21.3. The van der Waals surface area contributed by atoms with E-state index in [-0.39, 0.29) is 28.9 Å². The molecule has 3 rings (SSSR count). The fourth-order valence-corrected chi connectivity index (χ4v) is 3.76. The molecule has 2 atom stereocenters. The van der Waals surface area contributed by atoms with Gasteiger partial charge in [-0.3, -0.25) is 9.59 Å². The number of carboxylic acid groups (broad SMARTS) is 1. The summed E-state index contributed by atoms with van der Waals surface area (Å²) in [6.07, 6.45) is -1.31. The van der Waals surface area contributed by atoms with Gasteiger partial charge >= 0.3 is 5.97 Å². The summed E-state index contributed by atoms with van der Waals surface area (Å²) in [5, 5.41) is 27.1. The Labute approximate surface area is 217 Å². The minimum atomic E-state index is -1.16. The van der Waals surface area contributed by atoms with E-state index < -0.39 is 41.7 Å². The number of carboxylic acids is 1. The van der Waals surface area contributed by atoms with Gasteiger partial charge in [0, 0.05) is 16.1 Å². The highest BCUT2D eigenvalue weighted by Gasteiger charge is 2.27. The van der Waals surface area contributed by atoms with Gasteiger partial charge in [-0.25, -0.2) is 4.39 Å². The van der Waals surface area contributed by atoms with E-state index in [1.807, 2.05) is 20.8 Å². The molecule has 0 aliphatic heterocycles. The summed E-state index contributed by atoms with van der Waals surface area (Å²) in [5.41, 5.74) is -0.251. The molecule has 11 heteroatoms. The molecule has 2 aromatic carbocycles. The van der Waals surface area contributed by atoms with Crippen LogP contribution in [-0.2, 0) is 4.79 Å². The molecule has 0 saturated carbocycles. The first-order valence-corrected chi connectivity index (χ1v) is 11.8. The quantitative estimate of drug-likeness (QED) is 0.352. The number of aromatic nitrogens is 2. The molecule has 0 aliphatic rings. The molecule has 192 valence electrons. The number of halogens is 3. The highest BCUT2D eigenvalue weighted by molar-refractivity contribution is 6.35. The number of carbonyl (C=O) groups is 2. The SMILES string of the molecule is CC(C)(C)[C@H](O)COc1cc(C(=O)N[C@@H](CC(=O)O)c2ccc(Cl)cc2Cl)nn1-c1ccccc1F. The monoisotopic (exact) mass is 537 g/mol. The van der Waals surface area contributed by atoms with Crippen molar-refractivity contribution in [1.82, 2.24) is 15.1 Å². The summed E-state index contributed by atoms with van der Waals surface area (Å²) in [5.74, 6) is -2.48. The molecule has 0 bridgehead atoms. The lowest BCUT2D eigenvalue weighted by molar-refractivity contribution is -0.137. The first-order valence-electron chi connectivity index (χ1n) is 11.0. The number of ether oxygens (including phenoxy) is 1. The predicted octanol–water partition coefficient (Wildman–Crippen LogP) is 5.05. The van der Waals surface area contributed by atoms with E-state index in [9.17, 15) is 24.2 Å². The number of rotatable bonds is 9. The Morgan fingerprint density at radius 2 is 1.86 bits per heavy atom. The van der Waals surface area contributed by atoms with Crippen molar-refractivity contribution >= 4 is 35.1 Å². The summed E-state index contributed by atoms with van der Waals surface area (Å²) in [4.78, 5) is 24.6. The third-order valence-corrected chi connectivity index (χ3v) is 5.96. The van der Waals surface area contributed by atoms with E-state index in [1.165, 1.54) is 42.5 Å². The Hall–Kier alpha value is -3.14. The van der Waals surface area contributed by atoms with Crippen LogP contribution < -0.4 is 10.1 Å². The number of nitrogens with zero attached hydrogens (tertiary/aromatic N) is 2. The lowest BCUT2D eigenvalue weighted by atomic mass is 9.90. The van der Waals surface area contributed by atoms with Gasteiger partial charge in [0.15, 0.2) is 5.69 Å². The van der Waals surface area contributed by atoms with Gasteiger partial charge < -0.3 is 20.3 Å². The van der Waals surface area contributed by atoms with Crippen LogP contribution in [0.1, 0.15) is 49.3 Å². The van der Waals surface area contributed by atoms with Gasteiger partial charge in [-0.1, -0.05) is 62.2 Å². The first kappa shape index (κ1) is 27.4. The number of hydrogen-bond acceptors (Lipinski definition) is 5. The lowest BCUT2D eigenvalue weighted by Crippen LogP contribution is -2.32. The maximum atomic E-state index is 14.5. The van der Waals surface area contributed by atoms with Crippen molar-refractivity contribution in [3.63, 3.8) is 0 Å². The highest BCUT2D eigenvalue weighted by atomic mass is 35.5. The second-order valence-corrected chi connectivity index (χ2v) is 10.1. The number of amides is 1. The molecule has 0 aliphatic carbocycles. The third-order valence-electron chi connectivity index (χ3n) is 5.40. The summed E-state index contributed by atoms with van der Waals surface area (Å²) in [7, 11) is 0. The molecule has 1 amide bonds. The van der Waals surface area contributed by atoms with E-state index in [0.29, 0.717) is 10.6 Å². The van der Waals surface area contributed by atoms with Gasteiger partial charge in [-0.2, -0.15) is 9.78 Å². The van der Waals surface area contributed by atoms with Crippen LogP contribution in [0, 0.1) is 11.2 Å². The van der Waals surface area contributed by atoms with Gasteiger partial charge in [-0.15, -0.1) is 0 Å². The van der Waals surface area contributed by atoms with Gasteiger partial charge in [-0.05, 0) is 35.2 Å². The Morgan fingerprint density at radius 3 is 2.47 bits per heavy atom. The maximum absolute atomic E-state index is 14.5. The molecule has 8 nitrogen and oxygen atoms in total. The van der Waals surface area contributed by atoms with Crippen molar-refractivity contribution in [3.8, 4) is 11.6 Å². The molecule has 0 radical (unpaired) electrons. The zero-order chi connectivity index (χ0) is 26.6. The average molecular weight is 538 g/mol. The Morgan fingerprint density at radius 1 is 1.17 bits per heavy atom. The van der Waals surface area contributed by atoms with Crippen LogP contribution >= 0.6 is 23.2 Å². The molecule has 3 aromatic rings. The van der Waals surface area contributed by atoms with Crippen LogP contribution in [0.3, 0.4) is 0 Å². The highest BCUT2D eigenvalue weighted by Crippen LogP contribution is 2.29. The Kier molecular flexibility index (Phi) is 8.60. The smallest absolute Gasteiger partial charge is 0.305 e. The van der Waals surface area contributed by atoms with E-state index in [2.05, 4.69) is 10.4 Å². The van der Waals surface area contributed by atoms with Crippen molar-refractivity contribution in [2.24, 2.45) is 5.41 Å². The van der Waals surface area contributed by atoms with E-state index >= 15 is 0 Å². The average Bonchev–Trinajstić information content (AvgIpc) is 3.20. The maximum Gasteiger partial charge on any atom is 0.305 e. The minimum absolute atomic E-state index is 0.0212. The fourth-order valence-electron chi connectivity index (χ4n) is 3.22. The number of benzene rings is 2. The van der Waals surface area contributed by atoms with E-state index in [4.69, 9.17) is 27.9 Å². The molecule has 0 fully saturated rings. The largest absolute Gasteiger partial charge is 0.481 e. The summed E-state index contributed by atoms with van der Waals surface area (Å²) in [6.45, 7) is 5.36. The number of aliphatic hydroxyl groups is 1. The van der Waals surface area contributed by atoms with Gasteiger partial charge in [0.2, 0.25) is 5.88 Å². The van der Waals surface area contributed by atoms with Crippen LogP contribution in [0.2, 0.25) is 10.0 Å². The Balaban J connectivity index is 1.95. The number of para-hydroxylation sites is 1. The van der Waals surface area contributed by atoms with Crippen molar-refractivity contribution in [2.45, 2.75) is 39.3 Å². The van der Waals surface area contributed by atoms with Crippen LogP contribution in [-0.4, -0.2) is 44.6 Å². The third kappa shape index (κ3) is 6.75. The molecule has 0 spiro atoms. The van der Waals surface area contributed by atoms with Gasteiger partial charge in [0.1, 0.15) is 18.1 Å². The molecule has 1 aromatic heterocycles. The molecular weight excluding hydrogens is 512 g/mol.